The molecule has 5 nitrogen and oxygen atoms in total. The lowest BCUT2D eigenvalue weighted by Crippen LogP contribution is -2.45. The lowest BCUT2D eigenvalue weighted by molar-refractivity contribution is 0.117. The summed E-state index contributed by atoms with van der Waals surface area (Å²) in [5.41, 5.74) is 3.04. The number of rotatable bonds is 5. The number of nitrogens with one attached hydrogen (secondary N) is 1. The molecule has 0 aromatic carbocycles. The lowest BCUT2D eigenvalue weighted by Gasteiger charge is -2.37. The molecule has 1 N–H and O–H groups in total. The fraction of sp³-hybridized carbons (Fsp3) is 0.944. The van der Waals surface area contributed by atoms with E-state index in [1.165, 1.54) is 58.3 Å². The molecule has 134 valence electrons. The molecule has 2 fully saturated rings. The van der Waals surface area contributed by atoms with Crippen LogP contribution in [-0.2, 0) is 4.84 Å². The lowest BCUT2D eigenvalue weighted by atomic mass is 9.93. The van der Waals surface area contributed by atoms with Crippen molar-refractivity contribution in [3.63, 3.8) is 0 Å². The van der Waals surface area contributed by atoms with Gasteiger partial charge in [0, 0.05) is 18.5 Å². The highest BCUT2D eigenvalue weighted by molar-refractivity contribution is 5.83. The van der Waals surface area contributed by atoms with E-state index in [-0.39, 0.29) is 0 Å². The molecule has 2 rings (SSSR count). The highest BCUT2D eigenvalue weighted by Crippen LogP contribution is 2.24. The van der Waals surface area contributed by atoms with Gasteiger partial charge < -0.3 is 9.80 Å². The topological polar surface area (TPSA) is 40.1 Å². The van der Waals surface area contributed by atoms with E-state index in [4.69, 9.17) is 9.83 Å². The van der Waals surface area contributed by atoms with Crippen molar-refractivity contribution in [2.45, 2.75) is 52.0 Å². The molecule has 5 heteroatoms. The molecule has 0 bridgehead atoms. The van der Waals surface area contributed by atoms with Crippen LogP contribution in [0.15, 0.2) is 4.99 Å². The van der Waals surface area contributed by atoms with E-state index in [0.29, 0.717) is 11.8 Å². The van der Waals surface area contributed by atoms with Gasteiger partial charge in [-0.3, -0.25) is 15.3 Å². The SMILES string of the molecule is CONC(=NCC(C)C)C1CCN(C2CCCN(C)CC2)CC1. The fourth-order valence-corrected chi connectivity index (χ4v) is 3.76. The van der Waals surface area contributed by atoms with E-state index < -0.39 is 0 Å². The quantitative estimate of drug-likeness (QED) is 0.479. The highest BCUT2D eigenvalue weighted by Gasteiger charge is 2.28. The molecule has 1 unspecified atom stereocenters. The van der Waals surface area contributed by atoms with Crippen LogP contribution in [0.1, 0.15) is 46.0 Å². The zero-order valence-corrected chi connectivity index (χ0v) is 15.6. The van der Waals surface area contributed by atoms with Crippen molar-refractivity contribution in [3.8, 4) is 0 Å². The zero-order valence-electron chi connectivity index (χ0n) is 15.6. The molecule has 0 aromatic heterocycles. The first-order chi connectivity index (χ1) is 11.1. The molecule has 0 spiro atoms. The van der Waals surface area contributed by atoms with Gasteiger partial charge in [-0.1, -0.05) is 13.8 Å². The molecule has 2 aliphatic rings. The maximum atomic E-state index is 5.16. The summed E-state index contributed by atoms with van der Waals surface area (Å²) in [6, 6.07) is 0.785. The van der Waals surface area contributed by atoms with Gasteiger partial charge in [-0.05, 0) is 71.2 Å². The Hall–Kier alpha value is -0.650. The summed E-state index contributed by atoms with van der Waals surface area (Å²) in [4.78, 5) is 15.1. The molecule has 2 heterocycles. The summed E-state index contributed by atoms with van der Waals surface area (Å²) in [6.07, 6.45) is 6.41. The molecule has 23 heavy (non-hydrogen) atoms. The number of aliphatic imine (C=N–C) groups is 1. The van der Waals surface area contributed by atoms with Crippen molar-refractivity contribution in [2.24, 2.45) is 16.8 Å². The maximum Gasteiger partial charge on any atom is 0.124 e. The Kier molecular flexibility index (Phi) is 7.80. The predicted octanol–water partition coefficient (Wildman–Crippen LogP) is 2.39. The molecule has 0 saturated carbocycles. The standard InChI is InChI=1S/C18H36N4O/c1-15(2)14-19-18(20-23-4)16-7-12-22(13-8-16)17-6-5-10-21(3)11-9-17/h15-17H,5-14H2,1-4H3,(H,19,20). The van der Waals surface area contributed by atoms with Crippen LogP contribution >= 0.6 is 0 Å². The molecule has 1 atom stereocenters. The van der Waals surface area contributed by atoms with Crippen molar-refractivity contribution >= 4 is 5.84 Å². The van der Waals surface area contributed by atoms with Crippen LogP contribution in [0, 0.1) is 11.8 Å². The second-order valence-electron chi connectivity index (χ2n) is 7.62. The van der Waals surface area contributed by atoms with Gasteiger partial charge in [0.15, 0.2) is 0 Å². The van der Waals surface area contributed by atoms with E-state index in [9.17, 15) is 0 Å². The zero-order chi connectivity index (χ0) is 16.7. The Morgan fingerprint density at radius 3 is 2.52 bits per heavy atom. The van der Waals surface area contributed by atoms with E-state index in [0.717, 1.165) is 18.4 Å². The van der Waals surface area contributed by atoms with Gasteiger partial charge in [0.05, 0.1) is 7.11 Å². The Bertz CT molecular complexity index is 364. The summed E-state index contributed by atoms with van der Waals surface area (Å²) in [7, 11) is 3.94. The number of amidine groups is 1. The van der Waals surface area contributed by atoms with Gasteiger partial charge in [0.2, 0.25) is 0 Å². The van der Waals surface area contributed by atoms with Gasteiger partial charge in [0.1, 0.15) is 5.84 Å². The van der Waals surface area contributed by atoms with Crippen molar-refractivity contribution in [3.05, 3.63) is 0 Å². The average molecular weight is 325 g/mol. The van der Waals surface area contributed by atoms with Crippen LogP contribution in [0.5, 0.6) is 0 Å². The summed E-state index contributed by atoms with van der Waals surface area (Å²) < 4.78 is 0. The first kappa shape index (κ1) is 18.7. The van der Waals surface area contributed by atoms with Crippen molar-refractivity contribution in [1.29, 1.82) is 0 Å². The average Bonchev–Trinajstić information content (AvgIpc) is 2.76. The molecular formula is C18H36N4O. The van der Waals surface area contributed by atoms with Crippen LogP contribution in [0.4, 0.5) is 0 Å². The number of hydrogen-bond donors (Lipinski definition) is 1. The summed E-state index contributed by atoms with van der Waals surface area (Å²) in [6.45, 7) is 10.2. The summed E-state index contributed by atoms with van der Waals surface area (Å²) in [5.74, 6) is 2.17. The van der Waals surface area contributed by atoms with Gasteiger partial charge in [-0.25, -0.2) is 0 Å². The Balaban J connectivity index is 1.85. The Labute approximate surface area is 142 Å². The molecule has 0 aliphatic carbocycles. The summed E-state index contributed by atoms with van der Waals surface area (Å²) >= 11 is 0. The summed E-state index contributed by atoms with van der Waals surface area (Å²) in [5, 5.41) is 0. The van der Waals surface area contributed by atoms with Gasteiger partial charge >= 0.3 is 0 Å². The van der Waals surface area contributed by atoms with Crippen molar-refractivity contribution in [2.75, 3.05) is 46.9 Å². The van der Waals surface area contributed by atoms with E-state index >= 15 is 0 Å². The predicted molar refractivity (Wildman–Crippen MR) is 96.7 cm³/mol. The minimum atomic E-state index is 0.526. The molecule has 0 aromatic rings. The molecule has 2 aliphatic heterocycles. The minimum Gasteiger partial charge on any atom is -0.306 e. The highest BCUT2D eigenvalue weighted by atomic mass is 16.6. The number of hydrogen-bond acceptors (Lipinski definition) is 4. The van der Waals surface area contributed by atoms with Crippen LogP contribution in [0.3, 0.4) is 0 Å². The normalized spacial score (nSPS) is 26.5. The minimum absolute atomic E-state index is 0.526. The van der Waals surface area contributed by atoms with Gasteiger partial charge in [0.25, 0.3) is 0 Å². The van der Waals surface area contributed by atoms with Gasteiger partial charge in [-0.2, -0.15) is 0 Å². The van der Waals surface area contributed by atoms with Crippen LogP contribution in [0.2, 0.25) is 0 Å². The van der Waals surface area contributed by atoms with Crippen molar-refractivity contribution < 1.29 is 4.84 Å². The van der Waals surface area contributed by atoms with E-state index in [1.807, 2.05) is 0 Å². The first-order valence-electron chi connectivity index (χ1n) is 9.36. The van der Waals surface area contributed by atoms with E-state index in [2.05, 4.69) is 36.2 Å². The monoisotopic (exact) mass is 324 g/mol. The third-order valence-electron chi connectivity index (χ3n) is 5.19. The van der Waals surface area contributed by atoms with Crippen LogP contribution in [-0.4, -0.2) is 68.6 Å². The fourth-order valence-electron chi connectivity index (χ4n) is 3.76. The maximum absolute atomic E-state index is 5.16. The smallest absolute Gasteiger partial charge is 0.124 e. The second-order valence-corrected chi connectivity index (χ2v) is 7.62. The second kappa shape index (κ2) is 9.60. The molecular weight excluding hydrogens is 288 g/mol. The van der Waals surface area contributed by atoms with Crippen molar-refractivity contribution in [1.82, 2.24) is 15.3 Å². The molecule has 2 saturated heterocycles. The number of likely N-dealkylation sites (tertiary alicyclic amines) is 2. The van der Waals surface area contributed by atoms with E-state index in [1.54, 1.807) is 7.11 Å². The number of nitrogens with zero attached hydrogens (tertiary/aromatic N) is 3. The first-order valence-corrected chi connectivity index (χ1v) is 9.36. The van der Waals surface area contributed by atoms with Crippen LogP contribution < -0.4 is 5.48 Å². The molecule has 0 radical (unpaired) electrons. The van der Waals surface area contributed by atoms with Crippen LogP contribution in [0.25, 0.3) is 0 Å². The largest absolute Gasteiger partial charge is 0.306 e. The third-order valence-corrected chi connectivity index (χ3v) is 5.19. The number of hydroxylamine groups is 1. The molecule has 0 amide bonds. The Morgan fingerprint density at radius 1 is 1.13 bits per heavy atom. The van der Waals surface area contributed by atoms with Gasteiger partial charge in [-0.15, -0.1) is 0 Å². The number of piperidine rings is 1. The third kappa shape index (κ3) is 6.05. The Morgan fingerprint density at radius 2 is 1.87 bits per heavy atom.